The number of pyridine rings is 1. The van der Waals surface area contributed by atoms with Crippen molar-refractivity contribution in [1.29, 1.82) is 5.41 Å². The summed E-state index contributed by atoms with van der Waals surface area (Å²) in [6.45, 7) is 6.95. The second-order valence-electron chi connectivity index (χ2n) is 10.1. The van der Waals surface area contributed by atoms with Gasteiger partial charge >= 0.3 is 0 Å². The lowest BCUT2D eigenvalue weighted by atomic mass is 9.93. The molecule has 0 bridgehead atoms. The fraction of sp³-hybridized carbons (Fsp3) is 0.448. The molecule has 11 heteroatoms. The van der Waals surface area contributed by atoms with Gasteiger partial charge in [-0.05, 0) is 68.3 Å². The lowest BCUT2D eigenvalue weighted by Gasteiger charge is -2.40. The molecule has 2 atom stereocenters. The van der Waals surface area contributed by atoms with Crippen molar-refractivity contribution in [3.63, 3.8) is 0 Å². The zero-order valence-electron chi connectivity index (χ0n) is 22.6. The number of nitrogens with zero attached hydrogens (tertiary/aromatic N) is 3. The van der Waals surface area contributed by atoms with Gasteiger partial charge in [0.25, 0.3) is 5.91 Å². The molecule has 2 unspecified atom stereocenters. The van der Waals surface area contributed by atoms with E-state index in [0.717, 1.165) is 66.8 Å². The summed E-state index contributed by atoms with van der Waals surface area (Å²) in [6.07, 6.45) is 6.96. The first kappa shape index (κ1) is 28.8. The van der Waals surface area contributed by atoms with Crippen LogP contribution in [-0.4, -0.2) is 75.6 Å². The van der Waals surface area contributed by atoms with E-state index in [-0.39, 0.29) is 22.9 Å². The fourth-order valence-corrected chi connectivity index (χ4v) is 6.81. The van der Waals surface area contributed by atoms with Crippen LogP contribution in [0.1, 0.15) is 45.7 Å². The van der Waals surface area contributed by atoms with Crippen LogP contribution in [0.25, 0.3) is 6.08 Å². The molecule has 5 rings (SSSR count). The molecule has 2 N–H and O–H groups in total. The first-order valence-corrected chi connectivity index (χ1v) is 15.3. The van der Waals surface area contributed by atoms with Crippen molar-refractivity contribution >= 4 is 46.5 Å². The third kappa shape index (κ3) is 7.32. The molecule has 40 heavy (non-hydrogen) atoms. The topological polar surface area (TPSA) is 108 Å². The van der Waals surface area contributed by atoms with Gasteiger partial charge in [0.1, 0.15) is 12.4 Å². The van der Waals surface area contributed by atoms with Gasteiger partial charge in [-0.2, -0.15) is 0 Å². The number of aryl methyl sites for hydroxylation is 2. The van der Waals surface area contributed by atoms with E-state index in [1.165, 1.54) is 0 Å². The van der Waals surface area contributed by atoms with E-state index in [1.54, 1.807) is 24.3 Å². The zero-order chi connectivity index (χ0) is 27.9. The maximum absolute atomic E-state index is 13.2. The maximum Gasteiger partial charge on any atom is 0.251 e. The SMILES string of the molecule is Cc1cc(COc2ccc(C(=O)NC3CCN(SN4CCOCC4)CC3C(=N)SC=O)cc2)c2c(n1)CCC=C2. The highest BCUT2D eigenvalue weighted by Crippen LogP contribution is 2.29. The van der Waals surface area contributed by atoms with E-state index >= 15 is 0 Å². The predicted molar refractivity (Wildman–Crippen MR) is 160 cm³/mol. The van der Waals surface area contributed by atoms with E-state index in [0.29, 0.717) is 49.7 Å². The average Bonchev–Trinajstić information content (AvgIpc) is 2.97. The molecule has 2 fully saturated rings. The quantitative estimate of drug-likeness (QED) is 0.195. The summed E-state index contributed by atoms with van der Waals surface area (Å²) in [5.41, 5.74) is 5.59. The normalized spacial score (nSPS) is 21.4. The summed E-state index contributed by atoms with van der Waals surface area (Å²) >= 11 is 2.55. The lowest BCUT2D eigenvalue weighted by molar-refractivity contribution is 0.0750. The lowest BCUT2D eigenvalue weighted by Crippen LogP contribution is -2.52. The molecule has 3 aliphatic rings. The first-order chi connectivity index (χ1) is 19.5. The summed E-state index contributed by atoms with van der Waals surface area (Å²) in [4.78, 5) is 29.0. The predicted octanol–water partition coefficient (Wildman–Crippen LogP) is 4.14. The molecule has 9 nitrogen and oxygen atoms in total. The molecule has 2 aliphatic heterocycles. The molecular formula is C29H35N5O4S2. The average molecular weight is 582 g/mol. The summed E-state index contributed by atoms with van der Waals surface area (Å²) in [5.74, 6) is 0.242. The van der Waals surface area contributed by atoms with Crippen molar-refractivity contribution in [3.8, 4) is 5.75 Å². The van der Waals surface area contributed by atoms with Crippen LogP contribution < -0.4 is 10.1 Å². The van der Waals surface area contributed by atoms with Gasteiger partial charge in [0.2, 0.25) is 0 Å². The van der Waals surface area contributed by atoms with Crippen molar-refractivity contribution in [1.82, 2.24) is 18.9 Å². The standard InChI is InChI=1S/C29H35N5O4S2/c1-20-16-22(24-4-2-3-5-26(24)31-20)18-38-23-8-6-21(7-9-23)29(36)32-27-10-11-34(17-25(27)28(30)39-19-35)40-33-12-14-37-15-13-33/h2,4,6-9,16,19,25,27,30H,3,5,10-15,17-18H2,1H3,(H,32,36). The van der Waals surface area contributed by atoms with Crippen LogP contribution in [0.3, 0.4) is 0 Å². The van der Waals surface area contributed by atoms with E-state index in [9.17, 15) is 9.59 Å². The molecule has 3 heterocycles. The Kier molecular flexibility index (Phi) is 9.92. The molecule has 1 aromatic heterocycles. The summed E-state index contributed by atoms with van der Waals surface area (Å²) in [7, 11) is 0. The van der Waals surface area contributed by atoms with Gasteiger partial charge in [0.05, 0.1) is 18.3 Å². The fourth-order valence-electron chi connectivity index (χ4n) is 5.24. The minimum atomic E-state index is -0.257. The van der Waals surface area contributed by atoms with Crippen LogP contribution in [0.4, 0.5) is 0 Å². The Balaban J connectivity index is 1.18. The number of hydrogen-bond acceptors (Lipinski definition) is 10. The smallest absolute Gasteiger partial charge is 0.251 e. The number of amides is 1. The number of ether oxygens (including phenoxy) is 2. The largest absolute Gasteiger partial charge is 0.489 e. The van der Waals surface area contributed by atoms with Gasteiger partial charge in [-0.25, -0.2) is 8.61 Å². The van der Waals surface area contributed by atoms with Crippen molar-refractivity contribution in [2.45, 2.75) is 38.8 Å². The number of aromatic nitrogens is 1. The number of nitrogens with one attached hydrogen (secondary N) is 2. The van der Waals surface area contributed by atoms with Crippen LogP contribution in [0.2, 0.25) is 0 Å². The van der Waals surface area contributed by atoms with Crippen molar-refractivity contribution in [3.05, 3.63) is 64.5 Å². The summed E-state index contributed by atoms with van der Waals surface area (Å²) < 4.78 is 16.0. The number of allylic oxidation sites excluding steroid dienone is 1. The van der Waals surface area contributed by atoms with Crippen LogP contribution in [0.15, 0.2) is 36.4 Å². The molecule has 2 aromatic rings. The maximum atomic E-state index is 13.2. The number of thioether (sulfide) groups is 1. The van der Waals surface area contributed by atoms with Gasteiger partial charge in [-0.3, -0.25) is 20.0 Å². The molecule has 0 spiro atoms. The Hall–Kier alpha value is -2.70. The Morgan fingerprint density at radius 1 is 1.23 bits per heavy atom. The van der Waals surface area contributed by atoms with Gasteiger partial charge in [-0.15, -0.1) is 0 Å². The van der Waals surface area contributed by atoms with Crippen LogP contribution in [0, 0.1) is 18.3 Å². The van der Waals surface area contributed by atoms with Gasteiger partial charge in [0.15, 0.2) is 5.62 Å². The monoisotopic (exact) mass is 581 g/mol. The van der Waals surface area contributed by atoms with Gasteiger partial charge in [-0.1, -0.05) is 12.2 Å². The molecule has 212 valence electrons. The summed E-state index contributed by atoms with van der Waals surface area (Å²) in [5, 5.41) is 11.9. The molecule has 2 saturated heterocycles. The Morgan fingerprint density at radius 2 is 2.02 bits per heavy atom. The molecule has 1 amide bonds. The molecule has 1 aromatic carbocycles. The van der Waals surface area contributed by atoms with E-state index in [1.807, 2.05) is 19.1 Å². The van der Waals surface area contributed by atoms with Gasteiger partial charge < -0.3 is 14.8 Å². The molecule has 0 radical (unpaired) electrons. The highest BCUT2D eigenvalue weighted by Gasteiger charge is 2.35. The third-order valence-electron chi connectivity index (χ3n) is 7.30. The van der Waals surface area contributed by atoms with Crippen molar-refractivity contribution in [2.75, 3.05) is 39.4 Å². The Morgan fingerprint density at radius 3 is 2.80 bits per heavy atom. The molecule has 0 saturated carbocycles. The second kappa shape index (κ2) is 13.8. The minimum Gasteiger partial charge on any atom is -0.489 e. The highest BCUT2D eigenvalue weighted by atomic mass is 32.2. The number of carbonyl (C=O) groups excluding carboxylic acids is 2. The number of rotatable bonds is 9. The van der Waals surface area contributed by atoms with Crippen LogP contribution >= 0.6 is 23.9 Å². The number of hydrogen-bond donors (Lipinski definition) is 2. The number of piperidine rings is 1. The van der Waals surface area contributed by atoms with Gasteiger partial charge in [0, 0.05) is 78.4 Å². The Bertz CT molecular complexity index is 1250. The number of morpholine rings is 1. The van der Waals surface area contributed by atoms with Crippen LogP contribution in [-0.2, 0) is 22.6 Å². The minimum absolute atomic E-state index is 0.191. The highest BCUT2D eigenvalue weighted by molar-refractivity contribution is 8.24. The van der Waals surface area contributed by atoms with E-state index in [4.69, 9.17) is 14.9 Å². The molecular weight excluding hydrogens is 546 g/mol. The molecule has 1 aliphatic carbocycles. The summed E-state index contributed by atoms with van der Waals surface area (Å²) in [6, 6.07) is 9.00. The number of benzene rings is 1. The Labute approximate surface area is 243 Å². The number of carbonyl (C=O) groups is 2. The van der Waals surface area contributed by atoms with Crippen LogP contribution in [0.5, 0.6) is 5.75 Å². The third-order valence-corrected chi connectivity index (χ3v) is 9.11. The van der Waals surface area contributed by atoms with Crippen molar-refractivity contribution in [2.24, 2.45) is 5.92 Å². The number of fused-ring (bicyclic) bond motifs is 1. The van der Waals surface area contributed by atoms with E-state index in [2.05, 4.69) is 37.1 Å². The zero-order valence-corrected chi connectivity index (χ0v) is 24.3. The van der Waals surface area contributed by atoms with E-state index < -0.39 is 0 Å². The first-order valence-electron chi connectivity index (χ1n) is 13.6. The van der Waals surface area contributed by atoms with Crippen molar-refractivity contribution < 1.29 is 19.1 Å². The second-order valence-corrected chi connectivity index (χ2v) is 12.2.